The van der Waals surface area contributed by atoms with Gasteiger partial charge in [0.1, 0.15) is 0 Å². The average molecular weight is 315 g/mol. The average Bonchev–Trinajstić information content (AvgIpc) is 2.87. The van der Waals surface area contributed by atoms with Crippen LogP contribution in [0.1, 0.15) is 19.8 Å². The molecular formula is C14H21NO5S. The van der Waals surface area contributed by atoms with Gasteiger partial charge in [0, 0.05) is 24.1 Å². The largest absolute Gasteiger partial charge is 0.466 e. The van der Waals surface area contributed by atoms with E-state index in [1.54, 1.807) is 0 Å². The molecule has 1 aliphatic heterocycles. The third-order valence-electron chi connectivity index (χ3n) is 4.12. The second-order valence-electron chi connectivity index (χ2n) is 5.36. The molecule has 118 valence electrons. The van der Waals surface area contributed by atoms with Crippen molar-refractivity contribution in [2.24, 2.45) is 17.8 Å². The summed E-state index contributed by atoms with van der Waals surface area (Å²) in [5.41, 5.74) is 0.530. The number of amides is 1. The Morgan fingerprint density at radius 3 is 2.90 bits per heavy atom. The van der Waals surface area contributed by atoms with E-state index in [1.165, 1.54) is 13.4 Å². The fraction of sp³-hybridized carbons (Fsp3) is 0.714. The van der Waals surface area contributed by atoms with Crippen LogP contribution >= 0.6 is 12.6 Å². The van der Waals surface area contributed by atoms with Crippen LogP contribution in [0.2, 0.25) is 0 Å². The van der Waals surface area contributed by atoms with E-state index in [0.717, 1.165) is 12.8 Å². The van der Waals surface area contributed by atoms with Crippen molar-refractivity contribution in [2.45, 2.75) is 26.1 Å². The van der Waals surface area contributed by atoms with E-state index >= 15 is 0 Å². The predicted octanol–water partition coefficient (Wildman–Crippen LogP) is 1.72. The highest BCUT2D eigenvalue weighted by atomic mass is 32.1. The third-order valence-corrected chi connectivity index (χ3v) is 4.35. The molecule has 1 aliphatic carbocycles. The molecule has 0 aromatic carbocycles. The van der Waals surface area contributed by atoms with Gasteiger partial charge in [0.25, 0.3) is 0 Å². The summed E-state index contributed by atoms with van der Waals surface area (Å²) in [6.07, 6.45) is 2.02. The Balaban J connectivity index is 2.08. The van der Waals surface area contributed by atoms with E-state index in [0.29, 0.717) is 23.8 Å². The van der Waals surface area contributed by atoms with Crippen LogP contribution in [0.15, 0.2) is 11.8 Å². The molecule has 1 amide bonds. The summed E-state index contributed by atoms with van der Waals surface area (Å²) < 4.78 is 15.6. The standard InChI is InChI=1S/C14H21NO5S/c1-8-3-4-9-10(12(16)18-2)7-19-13(11(8)9)20-14(17)15-5-6-21/h7-9,11,13,21H,3-6H2,1-2H3,(H,15,17). The first-order valence-corrected chi connectivity index (χ1v) is 7.71. The molecule has 1 saturated carbocycles. The van der Waals surface area contributed by atoms with Crippen molar-refractivity contribution < 1.29 is 23.8 Å². The zero-order valence-electron chi connectivity index (χ0n) is 12.2. The van der Waals surface area contributed by atoms with Crippen LogP contribution in [0.3, 0.4) is 0 Å². The number of methoxy groups -OCH3 is 1. The maximum Gasteiger partial charge on any atom is 0.410 e. The highest BCUT2D eigenvalue weighted by Gasteiger charge is 2.47. The summed E-state index contributed by atoms with van der Waals surface area (Å²) in [6, 6.07) is 0. The van der Waals surface area contributed by atoms with Crippen molar-refractivity contribution in [3.05, 3.63) is 11.8 Å². The fourth-order valence-electron chi connectivity index (χ4n) is 3.09. The molecule has 6 nitrogen and oxygen atoms in total. The molecule has 2 rings (SSSR count). The van der Waals surface area contributed by atoms with Crippen molar-refractivity contribution in [3.63, 3.8) is 0 Å². The first kappa shape index (κ1) is 16.0. The van der Waals surface area contributed by atoms with Gasteiger partial charge < -0.3 is 19.5 Å². The number of esters is 1. The summed E-state index contributed by atoms with van der Waals surface area (Å²) in [6.45, 7) is 2.51. The Kier molecular flexibility index (Phi) is 5.39. The van der Waals surface area contributed by atoms with E-state index < -0.39 is 12.4 Å². The number of nitrogens with one attached hydrogen (secondary N) is 1. The van der Waals surface area contributed by atoms with Crippen LogP contribution in [0.5, 0.6) is 0 Å². The molecule has 7 heteroatoms. The van der Waals surface area contributed by atoms with E-state index in [1.807, 2.05) is 0 Å². The van der Waals surface area contributed by atoms with Crippen molar-refractivity contribution in [1.82, 2.24) is 5.32 Å². The van der Waals surface area contributed by atoms with Gasteiger partial charge in [-0.25, -0.2) is 9.59 Å². The van der Waals surface area contributed by atoms with Crippen LogP contribution in [-0.4, -0.2) is 37.8 Å². The predicted molar refractivity (Wildman–Crippen MR) is 78.7 cm³/mol. The summed E-state index contributed by atoms with van der Waals surface area (Å²) in [5.74, 6) is 0.466. The van der Waals surface area contributed by atoms with Crippen LogP contribution < -0.4 is 5.32 Å². The molecule has 2 aliphatic rings. The van der Waals surface area contributed by atoms with Crippen molar-refractivity contribution in [1.29, 1.82) is 0 Å². The van der Waals surface area contributed by atoms with Crippen molar-refractivity contribution >= 4 is 24.7 Å². The highest BCUT2D eigenvalue weighted by molar-refractivity contribution is 7.80. The number of fused-ring (bicyclic) bond motifs is 1. The molecule has 0 aromatic rings. The van der Waals surface area contributed by atoms with Gasteiger partial charge in [-0.1, -0.05) is 6.92 Å². The second kappa shape index (κ2) is 7.06. The van der Waals surface area contributed by atoms with Crippen LogP contribution in [0.25, 0.3) is 0 Å². The second-order valence-corrected chi connectivity index (χ2v) is 5.81. The quantitative estimate of drug-likeness (QED) is 0.610. The van der Waals surface area contributed by atoms with Gasteiger partial charge in [-0.3, -0.25) is 0 Å². The van der Waals surface area contributed by atoms with E-state index in [-0.39, 0.29) is 17.8 Å². The summed E-state index contributed by atoms with van der Waals surface area (Å²) in [4.78, 5) is 23.5. The lowest BCUT2D eigenvalue weighted by molar-refractivity contribution is -0.145. The summed E-state index contributed by atoms with van der Waals surface area (Å²) in [5, 5.41) is 2.59. The first-order valence-electron chi connectivity index (χ1n) is 7.07. The monoisotopic (exact) mass is 315 g/mol. The zero-order valence-corrected chi connectivity index (χ0v) is 13.1. The van der Waals surface area contributed by atoms with E-state index in [4.69, 9.17) is 14.2 Å². The highest BCUT2D eigenvalue weighted by Crippen LogP contribution is 2.46. The van der Waals surface area contributed by atoms with Gasteiger partial charge in [-0.05, 0) is 18.8 Å². The smallest absolute Gasteiger partial charge is 0.410 e. The number of hydrogen-bond acceptors (Lipinski definition) is 6. The molecule has 0 aromatic heterocycles. The summed E-state index contributed by atoms with van der Waals surface area (Å²) in [7, 11) is 1.35. The van der Waals surface area contributed by atoms with Crippen LogP contribution in [0.4, 0.5) is 4.79 Å². The molecule has 0 bridgehead atoms. The number of alkyl carbamates (subject to hydrolysis) is 1. The van der Waals surface area contributed by atoms with Crippen LogP contribution in [-0.2, 0) is 19.0 Å². The van der Waals surface area contributed by atoms with E-state index in [9.17, 15) is 9.59 Å². The Hall–Kier alpha value is -1.37. The van der Waals surface area contributed by atoms with Gasteiger partial charge in [0.05, 0.1) is 18.9 Å². The zero-order chi connectivity index (χ0) is 15.4. The van der Waals surface area contributed by atoms with Gasteiger partial charge in [-0.2, -0.15) is 12.6 Å². The Morgan fingerprint density at radius 1 is 1.48 bits per heavy atom. The maximum absolute atomic E-state index is 11.8. The Morgan fingerprint density at radius 2 is 2.24 bits per heavy atom. The minimum absolute atomic E-state index is 0.0175. The Labute approximate surface area is 129 Å². The van der Waals surface area contributed by atoms with Crippen molar-refractivity contribution in [2.75, 3.05) is 19.4 Å². The number of hydrogen-bond donors (Lipinski definition) is 2. The van der Waals surface area contributed by atoms with Gasteiger partial charge in [0.15, 0.2) is 0 Å². The first-order chi connectivity index (χ1) is 10.1. The minimum atomic E-state index is -0.666. The van der Waals surface area contributed by atoms with Gasteiger partial charge in [-0.15, -0.1) is 0 Å². The lowest BCUT2D eigenvalue weighted by Gasteiger charge is -2.34. The number of thiol groups is 1. The lowest BCUT2D eigenvalue weighted by atomic mass is 9.83. The maximum atomic E-state index is 11.8. The number of carbonyl (C=O) groups excluding carboxylic acids is 2. The lowest BCUT2D eigenvalue weighted by Crippen LogP contribution is -2.41. The molecule has 1 heterocycles. The van der Waals surface area contributed by atoms with Gasteiger partial charge in [0.2, 0.25) is 6.29 Å². The summed E-state index contributed by atoms with van der Waals surface area (Å²) >= 11 is 4.02. The molecule has 1 N–H and O–H groups in total. The number of carbonyl (C=O) groups is 2. The Bertz CT molecular complexity index is 439. The SMILES string of the molecule is COC(=O)C1=COC(OC(=O)NCCS)C2C(C)CCC12. The molecule has 0 spiro atoms. The number of ether oxygens (including phenoxy) is 3. The molecule has 21 heavy (non-hydrogen) atoms. The van der Waals surface area contributed by atoms with Crippen molar-refractivity contribution in [3.8, 4) is 0 Å². The van der Waals surface area contributed by atoms with Gasteiger partial charge >= 0.3 is 12.1 Å². The normalized spacial score (nSPS) is 30.7. The molecular weight excluding hydrogens is 294 g/mol. The topological polar surface area (TPSA) is 73.9 Å². The third kappa shape index (κ3) is 3.45. The van der Waals surface area contributed by atoms with Crippen LogP contribution in [0, 0.1) is 17.8 Å². The number of rotatable bonds is 4. The molecule has 0 saturated heterocycles. The molecule has 1 fully saturated rings. The molecule has 4 unspecified atom stereocenters. The molecule has 4 atom stereocenters. The minimum Gasteiger partial charge on any atom is -0.466 e. The fourth-order valence-corrected chi connectivity index (χ4v) is 3.20. The molecule has 0 radical (unpaired) electrons. The van der Waals surface area contributed by atoms with E-state index in [2.05, 4.69) is 24.9 Å².